The van der Waals surface area contributed by atoms with E-state index in [-0.39, 0.29) is 0 Å². The highest BCUT2D eigenvalue weighted by atomic mass is 15.0. The van der Waals surface area contributed by atoms with Gasteiger partial charge < -0.3 is 0 Å². The maximum atomic E-state index is 4.89. The summed E-state index contributed by atoms with van der Waals surface area (Å²) < 4.78 is 0. The molecule has 6 rings (SSSR count). The highest BCUT2D eigenvalue weighted by molar-refractivity contribution is 5.98. The smallest absolute Gasteiger partial charge is 0.164 e. The summed E-state index contributed by atoms with van der Waals surface area (Å²) in [4.78, 5) is 14.6. The Morgan fingerprint density at radius 2 is 0.853 bits per heavy atom. The molecule has 0 bridgehead atoms. The Balaban J connectivity index is 1.56. The fourth-order valence-electron chi connectivity index (χ4n) is 4.22. The van der Waals surface area contributed by atoms with E-state index < -0.39 is 0 Å². The molecule has 0 unspecified atom stereocenters. The predicted molar refractivity (Wildman–Crippen MR) is 139 cm³/mol. The van der Waals surface area contributed by atoms with Gasteiger partial charge >= 0.3 is 0 Å². The monoisotopic (exact) mass is 435 g/mol. The quantitative estimate of drug-likeness (QED) is 0.285. The fraction of sp³-hybridized carbons (Fsp3) is 0. The van der Waals surface area contributed by atoms with E-state index in [9.17, 15) is 0 Å². The Bertz CT molecular complexity index is 1520. The van der Waals surface area contributed by atoms with Crippen LogP contribution in [0.2, 0.25) is 0 Å². The maximum Gasteiger partial charge on any atom is 0.164 e. The van der Waals surface area contributed by atoms with Crippen LogP contribution in [0, 0.1) is 0 Å². The Morgan fingerprint density at radius 1 is 0.353 bits per heavy atom. The van der Waals surface area contributed by atoms with E-state index in [1.54, 1.807) is 0 Å². The zero-order valence-corrected chi connectivity index (χ0v) is 18.5. The lowest BCUT2D eigenvalue weighted by Gasteiger charge is -2.11. The van der Waals surface area contributed by atoms with Gasteiger partial charge in [0.05, 0.1) is 0 Å². The van der Waals surface area contributed by atoms with Crippen molar-refractivity contribution in [1.82, 2.24) is 15.0 Å². The normalized spacial score (nSPS) is 10.9. The van der Waals surface area contributed by atoms with Crippen LogP contribution in [0.15, 0.2) is 127 Å². The fourth-order valence-corrected chi connectivity index (χ4v) is 4.22. The lowest BCUT2D eigenvalue weighted by Crippen LogP contribution is -2.00. The van der Waals surface area contributed by atoms with Gasteiger partial charge in [-0.15, -0.1) is 0 Å². The van der Waals surface area contributed by atoms with Gasteiger partial charge in [0.15, 0.2) is 17.5 Å². The van der Waals surface area contributed by atoms with Gasteiger partial charge in [0.1, 0.15) is 0 Å². The van der Waals surface area contributed by atoms with Crippen molar-refractivity contribution in [3.05, 3.63) is 127 Å². The summed E-state index contributed by atoms with van der Waals surface area (Å²) in [5, 5.41) is 2.36. The van der Waals surface area contributed by atoms with Gasteiger partial charge in [-0.3, -0.25) is 0 Å². The molecule has 3 heteroatoms. The van der Waals surface area contributed by atoms with Crippen molar-refractivity contribution >= 4 is 10.8 Å². The number of aromatic nitrogens is 3. The summed E-state index contributed by atoms with van der Waals surface area (Å²) in [5.74, 6) is 2.00. The second-order valence-corrected chi connectivity index (χ2v) is 8.15. The van der Waals surface area contributed by atoms with Crippen LogP contribution < -0.4 is 0 Å². The van der Waals surface area contributed by atoms with Crippen LogP contribution in [0.4, 0.5) is 0 Å². The Morgan fingerprint density at radius 3 is 1.41 bits per heavy atom. The second kappa shape index (κ2) is 8.72. The molecule has 0 fully saturated rings. The molecule has 0 radical (unpaired) electrons. The van der Waals surface area contributed by atoms with Crippen LogP contribution in [0.1, 0.15) is 0 Å². The van der Waals surface area contributed by atoms with E-state index in [2.05, 4.69) is 60.7 Å². The van der Waals surface area contributed by atoms with E-state index in [1.165, 1.54) is 21.9 Å². The highest BCUT2D eigenvalue weighted by Gasteiger charge is 2.13. The molecule has 1 heterocycles. The summed E-state index contributed by atoms with van der Waals surface area (Å²) in [6, 6.07) is 43.4. The molecule has 0 N–H and O–H groups in total. The number of rotatable bonds is 4. The van der Waals surface area contributed by atoms with Gasteiger partial charge in [-0.05, 0) is 28.0 Å². The van der Waals surface area contributed by atoms with E-state index in [1.807, 2.05) is 66.7 Å². The average molecular weight is 436 g/mol. The van der Waals surface area contributed by atoms with Crippen LogP contribution in [-0.2, 0) is 0 Å². The number of hydrogen-bond acceptors (Lipinski definition) is 3. The van der Waals surface area contributed by atoms with Gasteiger partial charge in [-0.25, -0.2) is 15.0 Å². The minimum atomic E-state index is 0.664. The van der Waals surface area contributed by atoms with E-state index in [0.29, 0.717) is 17.5 Å². The first kappa shape index (κ1) is 20.0. The SMILES string of the molecule is c1ccc(-c2nc(-c3ccccc3)nc(-c3ccc4cccc(-c5ccccc5)c4c3)n2)cc1. The zero-order valence-electron chi connectivity index (χ0n) is 18.5. The molecular formula is C31H21N3. The molecule has 160 valence electrons. The molecule has 0 aliphatic rings. The average Bonchev–Trinajstić information content (AvgIpc) is 2.93. The molecular weight excluding hydrogens is 414 g/mol. The van der Waals surface area contributed by atoms with Crippen molar-refractivity contribution in [1.29, 1.82) is 0 Å². The zero-order chi connectivity index (χ0) is 22.7. The first-order chi connectivity index (χ1) is 16.8. The van der Waals surface area contributed by atoms with Gasteiger partial charge in [-0.2, -0.15) is 0 Å². The van der Waals surface area contributed by atoms with Crippen LogP contribution in [0.5, 0.6) is 0 Å². The molecule has 0 atom stereocenters. The lowest BCUT2D eigenvalue weighted by atomic mass is 9.96. The molecule has 0 spiro atoms. The van der Waals surface area contributed by atoms with Crippen LogP contribution in [-0.4, -0.2) is 15.0 Å². The van der Waals surface area contributed by atoms with Crippen LogP contribution in [0.3, 0.4) is 0 Å². The molecule has 0 saturated heterocycles. The third kappa shape index (κ3) is 3.84. The Kier molecular flexibility index (Phi) is 5.13. The Hall–Kier alpha value is -4.63. The third-order valence-corrected chi connectivity index (χ3v) is 5.92. The molecule has 6 aromatic rings. The minimum Gasteiger partial charge on any atom is -0.208 e. The van der Waals surface area contributed by atoms with E-state index >= 15 is 0 Å². The van der Waals surface area contributed by atoms with Crippen molar-refractivity contribution in [2.45, 2.75) is 0 Å². The molecule has 5 aromatic carbocycles. The molecule has 0 amide bonds. The molecule has 0 aliphatic heterocycles. The minimum absolute atomic E-state index is 0.664. The second-order valence-electron chi connectivity index (χ2n) is 8.15. The van der Waals surface area contributed by atoms with Crippen molar-refractivity contribution < 1.29 is 0 Å². The van der Waals surface area contributed by atoms with Crippen molar-refractivity contribution in [2.75, 3.05) is 0 Å². The van der Waals surface area contributed by atoms with Crippen molar-refractivity contribution in [3.63, 3.8) is 0 Å². The number of benzene rings is 5. The predicted octanol–water partition coefficient (Wildman–Crippen LogP) is 7.69. The highest BCUT2D eigenvalue weighted by Crippen LogP contribution is 2.32. The number of nitrogens with zero attached hydrogens (tertiary/aromatic N) is 3. The van der Waals surface area contributed by atoms with Crippen LogP contribution >= 0.6 is 0 Å². The van der Waals surface area contributed by atoms with Gasteiger partial charge in [0, 0.05) is 16.7 Å². The van der Waals surface area contributed by atoms with Gasteiger partial charge in [0.2, 0.25) is 0 Å². The largest absolute Gasteiger partial charge is 0.208 e. The number of fused-ring (bicyclic) bond motifs is 1. The third-order valence-electron chi connectivity index (χ3n) is 5.92. The topological polar surface area (TPSA) is 38.7 Å². The maximum absolute atomic E-state index is 4.89. The van der Waals surface area contributed by atoms with Crippen LogP contribution in [0.25, 0.3) is 56.1 Å². The molecule has 0 saturated carbocycles. The standard InChI is InChI=1S/C31H21N3/c1-4-11-22(12-5-1)27-18-10-17-23-19-20-26(21-28(23)27)31-33-29(24-13-6-2-7-14-24)32-30(34-31)25-15-8-3-9-16-25/h1-21H. The molecule has 1 aromatic heterocycles. The molecule has 0 aliphatic carbocycles. The first-order valence-electron chi connectivity index (χ1n) is 11.3. The lowest BCUT2D eigenvalue weighted by molar-refractivity contribution is 1.07. The number of hydrogen-bond donors (Lipinski definition) is 0. The summed E-state index contributed by atoms with van der Waals surface area (Å²) >= 11 is 0. The van der Waals surface area contributed by atoms with E-state index in [4.69, 9.17) is 15.0 Å². The van der Waals surface area contributed by atoms with Gasteiger partial charge in [0.25, 0.3) is 0 Å². The van der Waals surface area contributed by atoms with Crippen molar-refractivity contribution in [3.8, 4) is 45.3 Å². The van der Waals surface area contributed by atoms with Crippen molar-refractivity contribution in [2.24, 2.45) is 0 Å². The first-order valence-corrected chi connectivity index (χ1v) is 11.3. The molecule has 3 nitrogen and oxygen atoms in total. The summed E-state index contributed by atoms with van der Waals surface area (Å²) in [7, 11) is 0. The molecule has 34 heavy (non-hydrogen) atoms. The summed E-state index contributed by atoms with van der Waals surface area (Å²) in [6.45, 7) is 0. The summed E-state index contributed by atoms with van der Waals surface area (Å²) in [5.41, 5.74) is 5.28. The Labute approximate surface area is 198 Å². The van der Waals surface area contributed by atoms with E-state index in [0.717, 1.165) is 16.7 Å². The summed E-state index contributed by atoms with van der Waals surface area (Å²) in [6.07, 6.45) is 0. The van der Waals surface area contributed by atoms with Gasteiger partial charge in [-0.1, -0.05) is 121 Å².